The third-order valence-electron chi connectivity index (χ3n) is 1.84. The molecule has 1 rings (SSSR count). The number of H-pyrrole nitrogens is 1. The van der Waals surface area contributed by atoms with Crippen LogP contribution in [0.1, 0.15) is 17.3 Å². The molecule has 0 aliphatic rings. The van der Waals surface area contributed by atoms with Crippen LogP contribution in [0.25, 0.3) is 0 Å². The van der Waals surface area contributed by atoms with Crippen molar-refractivity contribution in [2.45, 2.75) is 13.0 Å². The zero-order valence-electron chi connectivity index (χ0n) is 9.02. The summed E-state index contributed by atoms with van der Waals surface area (Å²) in [4.78, 5) is 11.6. The Labute approximate surface area is 93.3 Å². The molecule has 1 aromatic rings. The van der Waals surface area contributed by atoms with Gasteiger partial charge in [0.2, 0.25) is 0 Å². The molecule has 0 fully saturated rings. The molecule has 1 aromatic heterocycles. The second kappa shape index (κ2) is 4.52. The first-order valence-corrected chi connectivity index (χ1v) is 6.63. The first kappa shape index (κ1) is 12.5. The molecule has 8 heteroatoms. The van der Waals surface area contributed by atoms with Gasteiger partial charge in [-0.3, -0.25) is 9.89 Å². The molecule has 0 spiro atoms. The van der Waals surface area contributed by atoms with Crippen molar-refractivity contribution in [3.05, 3.63) is 11.8 Å². The number of aromatic nitrogens is 2. The van der Waals surface area contributed by atoms with Gasteiger partial charge in [0.25, 0.3) is 5.91 Å². The van der Waals surface area contributed by atoms with Gasteiger partial charge in [0, 0.05) is 12.3 Å². The minimum Gasteiger partial charge on any atom is -0.383 e. The maximum atomic E-state index is 11.6. The highest BCUT2D eigenvalue weighted by Crippen LogP contribution is 2.05. The zero-order chi connectivity index (χ0) is 12.3. The highest BCUT2D eigenvalue weighted by molar-refractivity contribution is 7.90. The number of hydrogen-bond acceptors (Lipinski definition) is 5. The van der Waals surface area contributed by atoms with Crippen molar-refractivity contribution in [1.82, 2.24) is 15.5 Å². The standard InChI is InChI=1S/C8H14N4O3S/c1-5(4-16(2,14)15)11-8(13)6-3-10-12-7(6)9/h3,5H,4H2,1-2H3,(H,11,13)(H3,9,10,12). The predicted molar refractivity (Wildman–Crippen MR) is 59.6 cm³/mol. The molecule has 1 heterocycles. The van der Waals surface area contributed by atoms with Gasteiger partial charge in [-0.15, -0.1) is 0 Å². The van der Waals surface area contributed by atoms with E-state index in [-0.39, 0.29) is 17.1 Å². The van der Waals surface area contributed by atoms with Crippen LogP contribution in [0, 0.1) is 0 Å². The normalized spacial score (nSPS) is 13.4. The van der Waals surface area contributed by atoms with Gasteiger partial charge >= 0.3 is 0 Å². The van der Waals surface area contributed by atoms with Crippen LogP contribution in [0.5, 0.6) is 0 Å². The van der Waals surface area contributed by atoms with Crippen LogP contribution < -0.4 is 11.1 Å². The first-order valence-electron chi connectivity index (χ1n) is 4.57. The van der Waals surface area contributed by atoms with Crippen molar-refractivity contribution < 1.29 is 13.2 Å². The number of carbonyl (C=O) groups excluding carboxylic acids is 1. The molecule has 16 heavy (non-hydrogen) atoms. The second-order valence-corrected chi connectivity index (χ2v) is 5.85. The number of nitrogens with zero attached hydrogens (tertiary/aromatic N) is 1. The van der Waals surface area contributed by atoms with E-state index in [1.807, 2.05) is 0 Å². The Bertz CT molecular complexity index is 479. The SMILES string of the molecule is CC(CS(C)(=O)=O)NC(=O)c1cn[nH]c1N. The number of rotatable bonds is 4. The Morgan fingerprint density at radius 1 is 1.69 bits per heavy atom. The smallest absolute Gasteiger partial charge is 0.256 e. The molecule has 0 aliphatic heterocycles. The van der Waals surface area contributed by atoms with E-state index >= 15 is 0 Å². The van der Waals surface area contributed by atoms with Gasteiger partial charge in [0.1, 0.15) is 21.2 Å². The highest BCUT2D eigenvalue weighted by atomic mass is 32.2. The average molecular weight is 246 g/mol. The number of sulfone groups is 1. The van der Waals surface area contributed by atoms with E-state index < -0.39 is 21.8 Å². The summed E-state index contributed by atoms with van der Waals surface area (Å²) in [6.07, 6.45) is 2.40. The van der Waals surface area contributed by atoms with Crippen LogP contribution in [-0.4, -0.2) is 42.6 Å². The van der Waals surface area contributed by atoms with Crippen LogP contribution in [0.15, 0.2) is 6.20 Å². The monoisotopic (exact) mass is 246 g/mol. The lowest BCUT2D eigenvalue weighted by Gasteiger charge is -2.11. The average Bonchev–Trinajstić information content (AvgIpc) is 2.47. The summed E-state index contributed by atoms with van der Waals surface area (Å²) in [5.74, 6) is -0.400. The largest absolute Gasteiger partial charge is 0.383 e. The maximum absolute atomic E-state index is 11.6. The van der Waals surface area contributed by atoms with Crippen molar-refractivity contribution in [2.24, 2.45) is 0 Å². The predicted octanol–water partition coefficient (Wildman–Crippen LogP) is -0.845. The molecule has 1 amide bonds. The molecule has 0 radical (unpaired) electrons. The number of amides is 1. The quantitative estimate of drug-likeness (QED) is 0.640. The minimum atomic E-state index is -3.12. The molecular weight excluding hydrogens is 232 g/mol. The summed E-state index contributed by atoms with van der Waals surface area (Å²) in [5, 5.41) is 8.54. The molecule has 0 aromatic carbocycles. The molecule has 4 N–H and O–H groups in total. The van der Waals surface area contributed by atoms with Crippen molar-refractivity contribution in [3.63, 3.8) is 0 Å². The van der Waals surface area contributed by atoms with E-state index in [1.165, 1.54) is 6.20 Å². The lowest BCUT2D eigenvalue weighted by Crippen LogP contribution is -2.37. The van der Waals surface area contributed by atoms with Crippen molar-refractivity contribution in [3.8, 4) is 0 Å². The number of nitrogens with one attached hydrogen (secondary N) is 2. The molecule has 90 valence electrons. The third kappa shape index (κ3) is 3.54. The van der Waals surface area contributed by atoms with E-state index in [9.17, 15) is 13.2 Å². The topological polar surface area (TPSA) is 118 Å². The summed E-state index contributed by atoms with van der Waals surface area (Å²) in [7, 11) is -3.12. The number of hydrogen-bond donors (Lipinski definition) is 3. The molecule has 0 aliphatic carbocycles. The van der Waals surface area contributed by atoms with E-state index in [0.29, 0.717) is 0 Å². The van der Waals surface area contributed by atoms with Gasteiger partial charge in [-0.1, -0.05) is 0 Å². The second-order valence-electron chi connectivity index (χ2n) is 3.66. The summed E-state index contributed by atoms with van der Waals surface area (Å²) < 4.78 is 22.0. The first-order chi connectivity index (χ1) is 7.29. The van der Waals surface area contributed by atoms with Gasteiger partial charge in [-0.25, -0.2) is 8.42 Å². The number of nitrogen functional groups attached to an aromatic ring is 1. The van der Waals surface area contributed by atoms with Crippen LogP contribution in [0.3, 0.4) is 0 Å². The Morgan fingerprint density at radius 3 is 2.75 bits per heavy atom. The zero-order valence-corrected chi connectivity index (χ0v) is 9.84. The molecule has 0 saturated carbocycles. The number of aromatic amines is 1. The number of anilines is 1. The molecule has 1 unspecified atom stereocenters. The van der Waals surface area contributed by atoms with E-state index in [2.05, 4.69) is 15.5 Å². The molecule has 7 nitrogen and oxygen atoms in total. The molecular formula is C8H14N4O3S. The summed E-state index contributed by atoms with van der Waals surface area (Å²) in [5.41, 5.74) is 5.66. The van der Waals surface area contributed by atoms with Crippen LogP contribution in [0.2, 0.25) is 0 Å². The fourth-order valence-electron chi connectivity index (χ4n) is 1.27. The molecule has 0 saturated heterocycles. The Balaban J connectivity index is 2.63. The minimum absolute atomic E-state index is 0.115. The van der Waals surface area contributed by atoms with Crippen molar-refractivity contribution >= 4 is 21.6 Å². The van der Waals surface area contributed by atoms with Gasteiger partial charge in [-0.05, 0) is 6.92 Å². The summed E-state index contributed by atoms with van der Waals surface area (Å²) in [6, 6.07) is -0.475. The Hall–Kier alpha value is -1.57. The summed E-state index contributed by atoms with van der Waals surface area (Å²) >= 11 is 0. The Morgan fingerprint density at radius 2 is 2.31 bits per heavy atom. The van der Waals surface area contributed by atoms with E-state index in [1.54, 1.807) is 6.92 Å². The van der Waals surface area contributed by atoms with Gasteiger partial charge in [-0.2, -0.15) is 5.10 Å². The van der Waals surface area contributed by atoms with Crippen LogP contribution in [-0.2, 0) is 9.84 Å². The van der Waals surface area contributed by atoms with E-state index in [0.717, 1.165) is 6.26 Å². The fraction of sp³-hybridized carbons (Fsp3) is 0.500. The molecule has 1 atom stereocenters. The lowest BCUT2D eigenvalue weighted by molar-refractivity contribution is 0.0944. The third-order valence-corrected chi connectivity index (χ3v) is 2.95. The number of carbonyl (C=O) groups is 1. The highest BCUT2D eigenvalue weighted by Gasteiger charge is 2.16. The fourth-order valence-corrected chi connectivity index (χ4v) is 2.27. The van der Waals surface area contributed by atoms with E-state index in [4.69, 9.17) is 5.73 Å². The Kier molecular flexibility index (Phi) is 3.53. The molecule has 0 bridgehead atoms. The van der Waals surface area contributed by atoms with Crippen molar-refractivity contribution in [1.29, 1.82) is 0 Å². The van der Waals surface area contributed by atoms with Gasteiger partial charge in [0.05, 0.1) is 11.9 Å². The van der Waals surface area contributed by atoms with Gasteiger partial charge in [0.15, 0.2) is 0 Å². The van der Waals surface area contributed by atoms with Gasteiger partial charge < -0.3 is 11.1 Å². The number of nitrogens with two attached hydrogens (primary N) is 1. The van der Waals surface area contributed by atoms with Crippen LogP contribution in [0.4, 0.5) is 5.82 Å². The summed E-state index contributed by atoms with van der Waals surface area (Å²) in [6.45, 7) is 1.61. The van der Waals surface area contributed by atoms with Crippen molar-refractivity contribution in [2.75, 3.05) is 17.7 Å². The lowest BCUT2D eigenvalue weighted by atomic mass is 10.3. The van der Waals surface area contributed by atoms with Crippen LogP contribution >= 0.6 is 0 Å². The maximum Gasteiger partial charge on any atom is 0.256 e.